The number of rotatable bonds is 60. The van der Waals surface area contributed by atoms with Crippen LogP contribution in [-0.2, 0) is 65.4 Å². The zero-order valence-corrected chi connectivity index (χ0v) is 54.0. The van der Waals surface area contributed by atoms with Crippen LogP contribution in [0, 0.1) is 17.8 Å². The fourth-order valence-electron chi connectivity index (χ4n) is 9.09. The number of unbranched alkanes of at least 4 members (excludes halogenated alkanes) is 27. The molecular formula is C62H120O17P2. The maximum atomic E-state index is 12.9. The molecule has 0 rings (SSSR count). The number of hydrogen-bond donors (Lipinski definition) is 3. The zero-order chi connectivity index (χ0) is 60.3. The highest BCUT2D eigenvalue weighted by Gasteiger charge is 2.30. The number of aliphatic hydroxyl groups is 1. The van der Waals surface area contributed by atoms with Crippen LogP contribution in [0.5, 0.6) is 0 Å². The molecule has 0 aromatic heterocycles. The molecule has 0 saturated carbocycles. The molecule has 6 atom stereocenters. The number of hydrogen-bond acceptors (Lipinski definition) is 15. The molecule has 0 aliphatic heterocycles. The smallest absolute Gasteiger partial charge is 0.462 e. The third-order valence-corrected chi connectivity index (χ3v) is 16.4. The fourth-order valence-corrected chi connectivity index (χ4v) is 10.7. The summed E-state index contributed by atoms with van der Waals surface area (Å²) in [5.74, 6) is 0.0600. The first kappa shape index (κ1) is 79.1. The van der Waals surface area contributed by atoms with E-state index < -0.39 is 97.5 Å². The molecule has 81 heavy (non-hydrogen) atoms. The highest BCUT2D eigenvalue weighted by Crippen LogP contribution is 2.45. The molecule has 0 radical (unpaired) electrons. The SMILES string of the molecule is CCCCCCCC(=O)OC[C@H](COP(=O)(O)OC[C@H](O)COP(=O)(O)OC[C@@H](COC(=O)CCCCCCCCCC(C)C)OC(=O)CCCCCCCCCCCCCCCC(C)C)OC(=O)CCCCCCCCC(C)CC. The Morgan fingerprint density at radius 1 is 0.358 bits per heavy atom. The predicted octanol–water partition coefficient (Wildman–Crippen LogP) is 16.7. The lowest BCUT2D eigenvalue weighted by Gasteiger charge is -2.21. The maximum Gasteiger partial charge on any atom is 0.472 e. The molecule has 480 valence electrons. The van der Waals surface area contributed by atoms with Gasteiger partial charge in [0.2, 0.25) is 0 Å². The summed E-state index contributed by atoms with van der Waals surface area (Å²) in [5, 5.41) is 10.5. The highest BCUT2D eigenvalue weighted by molar-refractivity contribution is 7.47. The molecule has 3 unspecified atom stereocenters. The van der Waals surface area contributed by atoms with Crippen molar-refractivity contribution in [1.82, 2.24) is 0 Å². The lowest BCUT2D eigenvalue weighted by Crippen LogP contribution is -2.30. The minimum Gasteiger partial charge on any atom is -0.462 e. The molecule has 0 aromatic carbocycles. The lowest BCUT2D eigenvalue weighted by molar-refractivity contribution is -0.161. The van der Waals surface area contributed by atoms with Crippen LogP contribution in [0.3, 0.4) is 0 Å². The summed E-state index contributed by atoms with van der Waals surface area (Å²) in [6.45, 7) is 11.6. The minimum absolute atomic E-state index is 0.101. The first-order valence-corrected chi connectivity index (χ1v) is 35.4. The van der Waals surface area contributed by atoms with Crippen molar-refractivity contribution in [3.63, 3.8) is 0 Å². The van der Waals surface area contributed by atoms with Gasteiger partial charge in [0.05, 0.1) is 26.4 Å². The van der Waals surface area contributed by atoms with Gasteiger partial charge in [0, 0.05) is 25.7 Å². The number of aliphatic hydroxyl groups excluding tert-OH is 1. The van der Waals surface area contributed by atoms with Gasteiger partial charge in [-0.2, -0.15) is 0 Å². The first-order valence-electron chi connectivity index (χ1n) is 32.4. The molecule has 0 heterocycles. The Morgan fingerprint density at radius 2 is 0.630 bits per heavy atom. The average Bonchev–Trinajstić information content (AvgIpc) is 3.42. The summed E-state index contributed by atoms with van der Waals surface area (Å²) < 4.78 is 67.7. The Hall–Kier alpha value is -1.94. The summed E-state index contributed by atoms with van der Waals surface area (Å²) in [6, 6.07) is 0. The Bertz CT molecular complexity index is 1620. The quantitative estimate of drug-likeness (QED) is 0.0222. The molecule has 0 amide bonds. The first-order chi connectivity index (χ1) is 38.8. The van der Waals surface area contributed by atoms with Gasteiger partial charge >= 0.3 is 39.5 Å². The topological polar surface area (TPSA) is 237 Å². The monoisotopic (exact) mass is 1200 g/mol. The number of phosphoric ester groups is 2. The van der Waals surface area contributed by atoms with E-state index in [2.05, 4.69) is 48.5 Å². The van der Waals surface area contributed by atoms with Crippen LogP contribution >= 0.6 is 15.6 Å². The van der Waals surface area contributed by atoms with Gasteiger partial charge in [0.25, 0.3) is 0 Å². The van der Waals surface area contributed by atoms with Crippen molar-refractivity contribution in [3.8, 4) is 0 Å². The second-order valence-electron chi connectivity index (χ2n) is 23.6. The fraction of sp³-hybridized carbons (Fsp3) is 0.935. The van der Waals surface area contributed by atoms with Crippen molar-refractivity contribution in [2.45, 2.75) is 317 Å². The van der Waals surface area contributed by atoms with E-state index in [0.29, 0.717) is 31.6 Å². The number of phosphoric acid groups is 2. The van der Waals surface area contributed by atoms with E-state index in [1.165, 1.54) is 96.3 Å². The third kappa shape index (κ3) is 55.7. The van der Waals surface area contributed by atoms with E-state index in [9.17, 15) is 43.2 Å². The van der Waals surface area contributed by atoms with Crippen LogP contribution in [0.15, 0.2) is 0 Å². The molecule has 0 bridgehead atoms. The molecule has 0 aliphatic carbocycles. The molecule has 0 aliphatic rings. The van der Waals surface area contributed by atoms with Crippen LogP contribution in [0.4, 0.5) is 0 Å². The Morgan fingerprint density at radius 3 is 0.938 bits per heavy atom. The van der Waals surface area contributed by atoms with Gasteiger partial charge in [-0.1, -0.05) is 248 Å². The largest absolute Gasteiger partial charge is 0.472 e. The van der Waals surface area contributed by atoms with Crippen molar-refractivity contribution < 1.29 is 80.2 Å². The molecule has 0 spiro atoms. The number of esters is 4. The third-order valence-electron chi connectivity index (χ3n) is 14.5. The summed E-state index contributed by atoms with van der Waals surface area (Å²) in [4.78, 5) is 71.8. The summed E-state index contributed by atoms with van der Waals surface area (Å²) in [7, 11) is -9.88. The van der Waals surface area contributed by atoms with Gasteiger partial charge in [0.1, 0.15) is 19.3 Å². The molecule has 0 aromatic rings. The maximum absolute atomic E-state index is 12.9. The highest BCUT2D eigenvalue weighted by atomic mass is 31.2. The van der Waals surface area contributed by atoms with Gasteiger partial charge in [0.15, 0.2) is 12.2 Å². The van der Waals surface area contributed by atoms with Crippen molar-refractivity contribution in [3.05, 3.63) is 0 Å². The van der Waals surface area contributed by atoms with E-state index in [-0.39, 0.29) is 25.7 Å². The van der Waals surface area contributed by atoms with Crippen LogP contribution in [0.1, 0.15) is 299 Å². The van der Waals surface area contributed by atoms with Crippen molar-refractivity contribution in [2.75, 3.05) is 39.6 Å². The average molecular weight is 1200 g/mol. The van der Waals surface area contributed by atoms with Crippen LogP contribution in [-0.4, -0.2) is 96.7 Å². The van der Waals surface area contributed by atoms with Crippen molar-refractivity contribution in [1.29, 1.82) is 0 Å². The van der Waals surface area contributed by atoms with Gasteiger partial charge < -0.3 is 33.8 Å². The molecule has 0 saturated heterocycles. The summed E-state index contributed by atoms with van der Waals surface area (Å²) in [6.07, 6.45) is 33.9. The predicted molar refractivity (Wildman–Crippen MR) is 321 cm³/mol. The van der Waals surface area contributed by atoms with Crippen LogP contribution in [0.25, 0.3) is 0 Å². The van der Waals surface area contributed by atoms with Gasteiger partial charge in [-0.3, -0.25) is 37.3 Å². The lowest BCUT2D eigenvalue weighted by atomic mass is 10.00. The van der Waals surface area contributed by atoms with Crippen molar-refractivity contribution in [2.24, 2.45) is 17.8 Å². The van der Waals surface area contributed by atoms with Gasteiger partial charge in [-0.05, 0) is 43.4 Å². The normalized spacial score (nSPS) is 14.8. The van der Waals surface area contributed by atoms with Crippen LogP contribution in [0.2, 0.25) is 0 Å². The second-order valence-corrected chi connectivity index (χ2v) is 26.5. The number of ether oxygens (including phenoxy) is 4. The Balaban J connectivity index is 5.17. The van der Waals surface area contributed by atoms with Crippen LogP contribution < -0.4 is 0 Å². The molecule has 17 nitrogen and oxygen atoms in total. The number of carbonyl (C=O) groups is 4. The Kier molecular flexibility index (Phi) is 52.2. The number of carbonyl (C=O) groups excluding carboxylic acids is 4. The Labute approximate surface area is 492 Å². The molecular weight excluding hydrogens is 1080 g/mol. The summed E-state index contributed by atoms with van der Waals surface area (Å²) in [5.41, 5.74) is 0. The van der Waals surface area contributed by atoms with Crippen molar-refractivity contribution >= 4 is 39.5 Å². The molecule has 3 N–H and O–H groups in total. The summed E-state index contributed by atoms with van der Waals surface area (Å²) >= 11 is 0. The van der Waals surface area contributed by atoms with Gasteiger partial charge in [-0.15, -0.1) is 0 Å². The van der Waals surface area contributed by atoms with E-state index in [0.717, 1.165) is 115 Å². The van der Waals surface area contributed by atoms with E-state index in [4.69, 9.17) is 37.0 Å². The molecule has 19 heteroatoms. The zero-order valence-electron chi connectivity index (χ0n) is 52.2. The standard InChI is InChI=1S/C62H120O17P2/c1-8-10-11-26-36-43-59(64)72-49-57(79-62(67)46-39-32-25-24-29-35-42-55(7)9-2)51-76-80(68,69)74-47-56(63)48-75-81(70,71)77-52-58(50-73-60(65)44-37-30-23-19-21-28-34-41-54(5)6)78-61(66)45-38-31-22-18-16-14-12-13-15-17-20-27-33-40-53(3)4/h53-58,63H,8-52H2,1-7H3,(H,68,69)(H,70,71)/t55?,56-,57+,58+/m0/s1. The van der Waals surface area contributed by atoms with E-state index in [1.54, 1.807) is 0 Å². The van der Waals surface area contributed by atoms with E-state index in [1.807, 2.05) is 0 Å². The molecule has 0 fully saturated rings. The minimum atomic E-state index is -4.94. The second kappa shape index (κ2) is 53.5. The van der Waals surface area contributed by atoms with Gasteiger partial charge in [-0.25, -0.2) is 9.13 Å². The van der Waals surface area contributed by atoms with E-state index >= 15 is 0 Å².